The normalized spacial score (nSPS) is 27.6. The van der Waals surface area contributed by atoms with Crippen LogP contribution in [0.2, 0.25) is 0 Å². The summed E-state index contributed by atoms with van der Waals surface area (Å²) < 4.78 is 74.5. The topological polar surface area (TPSA) is 80.5 Å². The van der Waals surface area contributed by atoms with Crippen LogP contribution in [0.25, 0.3) is 22.2 Å². The summed E-state index contributed by atoms with van der Waals surface area (Å²) in [5.74, 6) is 0.351. The van der Waals surface area contributed by atoms with Gasteiger partial charge in [0.25, 0.3) is 0 Å². The molecule has 2 aromatic carbocycles. The average Bonchev–Trinajstić information content (AvgIpc) is 3.59. The molecule has 2 unspecified atom stereocenters. The molecule has 10 heteroatoms. The number of Topliss-reactive ketones (excluding diaryl/α,β-unsaturated/α-hetero) is 1. The first-order valence-electron chi connectivity index (χ1n) is 12.9. The van der Waals surface area contributed by atoms with Crippen LogP contribution in [0.4, 0.5) is 13.2 Å². The van der Waals surface area contributed by atoms with Crippen LogP contribution in [0, 0.1) is 16.7 Å². The van der Waals surface area contributed by atoms with Gasteiger partial charge in [-0.25, -0.2) is 13.4 Å². The van der Waals surface area contributed by atoms with Gasteiger partial charge in [0.15, 0.2) is 5.58 Å². The van der Waals surface area contributed by atoms with Gasteiger partial charge in [-0.05, 0) is 72.4 Å². The lowest BCUT2D eigenvalue weighted by molar-refractivity contribution is -0.137. The van der Waals surface area contributed by atoms with Crippen molar-refractivity contribution < 1.29 is 30.8 Å². The van der Waals surface area contributed by atoms with Gasteiger partial charge >= 0.3 is 6.18 Å². The maximum Gasteiger partial charge on any atom is 0.416 e. The maximum atomic E-state index is 13.8. The monoisotopic (exact) mass is 546 g/mol. The van der Waals surface area contributed by atoms with Crippen molar-refractivity contribution in [3.8, 4) is 11.1 Å². The number of oxazole rings is 1. The molecule has 0 N–H and O–H groups in total. The molecule has 3 atom stereocenters. The molecule has 0 amide bonds. The van der Waals surface area contributed by atoms with Crippen LogP contribution in [-0.4, -0.2) is 35.8 Å². The fourth-order valence-corrected chi connectivity index (χ4v) is 9.42. The van der Waals surface area contributed by atoms with Gasteiger partial charge in [-0.1, -0.05) is 32.0 Å². The summed E-state index contributed by atoms with van der Waals surface area (Å²) in [6.45, 7) is 4.38. The maximum absolute atomic E-state index is 13.8. The lowest BCUT2D eigenvalue weighted by Crippen LogP contribution is -2.46. The number of halogens is 3. The van der Waals surface area contributed by atoms with Gasteiger partial charge in [0, 0.05) is 18.4 Å². The minimum atomic E-state index is -4.45. The van der Waals surface area contributed by atoms with Crippen molar-refractivity contribution in [1.29, 1.82) is 0 Å². The van der Waals surface area contributed by atoms with Crippen LogP contribution < -0.4 is 0 Å². The van der Waals surface area contributed by atoms with Crippen LogP contribution in [0.15, 0.2) is 46.9 Å². The molecule has 6 rings (SSSR count). The fourth-order valence-electron chi connectivity index (χ4n) is 6.96. The van der Waals surface area contributed by atoms with Gasteiger partial charge in [0.05, 0.1) is 11.3 Å². The second-order valence-corrected chi connectivity index (χ2v) is 13.4. The number of sulfonamides is 1. The highest BCUT2D eigenvalue weighted by Gasteiger charge is 2.66. The minimum Gasteiger partial charge on any atom is -0.439 e. The van der Waals surface area contributed by atoms with Crippen molar-refractivity contribution in [2.24, 2.45) is 16.7 Å². The minimum absolute atomic E-state index is 0.0575. The second-order valence-electron chi connectivity index (χ2n) is 11.5. The van der Waals surface area contributed by atoms with E-state index in [1.54, 1.807) is 24.3 Å². The predicted molar refractivity (Wildman–Crippen MR) is 135 cm³/mol. The molecule has 2 heterocycles. The number of hydrogen-bond acceptors (Lipinski definition) is 5. The highest BCUT2D eigenvalue weighted by molar-refractivity contribution is 7.89. The largest absolute Gasteiger partial charge is 0.439 e. The smallest absolute Gasteiger partial charge is 0.416 e. The van der Waals surface area contributed by atoms with E-state index in [4.69, 9.17) is 4.42 Å². The average molecular weight is 547 g/mol. The van der Waals surface area contributed by atoms with Crippen molar-refractivity contribution in [2.75, 3.05) is 12.3 Å². The zero-order chi connectivity index (χ0) is 27.1. The zero-order valence-corrected chi connectivity index (χ0v) is 22.0. The molecule has 2 saturated carbocycles. The Hall–Kier alpha value is -2.72. The van der Waals surface area contributed by atoms with Crippen LogP contribution in [0.3, 0.4) is 0 Å². The number of carbonyl (C=O) groups is 1. The number of rotatable bonds is 5. The van der Waals surface area contributed by atoms with E-state index in [1.165, 1.54) is 10.4 Å². The number of fused-ring (bicyclic) bond motifs is 3. The Balaban J connectivity index is 1.30. The Kier molecular flexibility index (Phi) is 5.64. The molecule has 3 fully saturated rings. The van der Waals surface area contributed by atoms with Gasteiger partial charge in [0.2, 0.25) is 15.9 Å². The third-order valence-corrected chi connectivity index (χ3v) is 11.4. The third kappa shape index (κ3) is 3.82. The predicted octanol–water partition coefficient (Wildman–Crippen LogP) is 6.38. The summed E-state index contributed by atoms with van der Waals surface area (Å²) in [4.78, 5) is 17.6. The number of alkyl halides is 3. The Morgan fingerprint density at radius 2 is 1.87 bits per heavy atom. The SMILES string of the molecule is CC1(C)C2CC[C@]1(CS(=O)(=O)N1CCCC1c1nc3cc(-c4cccc(C(F)(F)F)c4)ccc3o1)C(=O)C2. The van der Waals surface area contributed by atoms with Gasteiger partial charge in [-0.2, -0.15) is 17.5 Å². The molecule has 0 spiro atoms. The van der Waals surface area contributed by atoms with Crippen molar-refractivity contribution in [2.45, 2.75) is 58.2 Å². The molecule has 1 aliphatic heterocycles. The van der Waals surface area contributed by atoms with E-state index >= 15 is 0 Å². The summed E-state index contributed by atoms with van der Waals surface area (Å²) in [7, 11) is -3.79. The van der Waals surface area contributed by atoms with Crippen molar-refractivity contribution in [1.82, 2.24) is 9.29 Å². The standard InChI is InChI=1S/C28H29F3N2O4S/c1-26(2)19-10-11-27(26,24(34)15-19)16-38(35,36)33-12-4-7-22(33)25-32-21-14-18(8-9-23(21)37-25)17-5-3-6-20(13-17)28(29,30)31/h3,5-6,8-9,13-14,19,22H,4,7,10-12,15-16H2,1-2H3/t19?,22?,27-/m0/s1. The van der Waals surface area contributed by atoms with Gasteiger partial charge in [-0.15, -0.1) is 0 Å². The summed E-state index contributed by atoms with van der Waals surface area (Å²) in [6, 6.07) is 9.46. The van der Waals surface area contributed by atoms with Gasteiger partial charge in [-0.3, -0.25) is 4.79 Å². The summed E-state index contributed by atoms with van der Waals surface area (Å²) in [5, 5.41) is 0. The Morgan fingerprint density at radius 3 is 2.55 bits per heavy atom. The molecular formula is C28H29F3N2O4S. The van der Waals surface area contributed by atoms with Crippen molar-refractivity contribution in [3.05, 3.63) is 53.9 Å². The summed E-state index contributed by atoms with van der Waals surface area (Å²) in [6.07, 6.45) is -1.34. The number of ketones is 1. The molecule has 3 aliphatic rings. The van der Waals surface area contributed by atoms with E-state index in [1.807, 2.05) is 13.8 Å². The first-order chi connectivity index (χ1) is 17.8. The van der Waals surface area contributed by atoms with E-state index < -0.39 is 33.2 Å². The van der Waals surface area contributed by atoms with Gasteiger partial charge in [0.1, 0.15) is 17.3 Å². The molecule has 0 radical (unpaired) electrons. The number of hydrogen-bond donors (Lipinski definition) is 0. The van der Waals surface area contributed by atoms with E-state index in [0.717, 1.165) is 18.6 Å². The molecule has 3 aromatic rings. The Bertz CT molecular complexity index is 1540. The molecule has 1 aromatic heterocycles. The highest BCUT2D eigenvalue weighted by Crippen LogP contribution is 2.64. The van der Waals surface area contributed by atoms with Crippen LogP contribution >= 0.6 is 0 Å². The number of nitrogens with zero attached hydrogens (tertiary/aromatic N) is 2. The van der Waals surface area contributed by atoms with E-state index in [2.05, 4.69) is 4.98 Å². The molecule has 202 valence electrons. The fraction of sp³-hybridized carbons (Fsp3) is 0.500. The molecule has 1 saturated heterocycles. The number of benzene rings is 2. The van der Waals surface area contributed by atoms with Crippen LogP contribution in [0.1, 0.15) is 63.4 Å². The number of aromatic nitrogens is 1. The molecule has 6 nitrogen and oxygen atoms in total. The zero-order valence-electron chi connectivity index (χ0n) is 21.2. The molecule has 2 bridgehead atoms. The van der Waals surface area contributed by atoms with Crippen LogP contribution in [0.5, 0.6) is 0 Å². The second kappa shape index (κ2) is 8.39. The third-order valence-electron chi connectivity index (χ3n) is 9.34. The van der Waals surface area contributed by atoms with Crippen molar-refractivity contribution in [3.63, 3.8) is 0 Å². The Morgan fingerprint density at radius 1 is 1.11 bits per heavy atom. The first-order valence-corrected chi connectivity index (χ1v) is 14.5. The van der Waals surface area contributed by atoms with Crippen LogP contribution in [-0.2, 0) is 21.0 Å². The van der Waals surface area contributed by atoms with Gasteiger partial charge < -0.3 is 4.42 Å². The molecule has 38 heavy (non-hydrogen) atoms. The Labute approximate surface area is 219 Å². The van der Waals surface area contributed by atoms with Crippen molar-refractivity contribution >= 4 is 26.9 Å². The summed E-state index contributed by atoms with van der Waals surface area (Å²) >= 11 is 0. The van der Waals surface area contributed by atoms with E-state index in [-0.39, 0.29) is 28.8 Å². The van der Waals surface area contributed by atoms with E-state index in [0.29, 0.717) is 54.5 Å². The first kappa shape index (κ1) is 25.6. The van der Waals surface area contributed by atoms with E-state index in [9.17, 15) is 26.4 Å². The number of carbonyl (C=O) groups excluding carboxylic acids is 1. The quantitative estimate of drug-likeness (QED) is 0.371. The lowest BCUT2D eigenvalue weighted by atomic mass is 9.70. The highest BCUT2D eigenvalue weighted by atomic mass is 32.2. The molecule has 2 aliphatic carbocycles. The lowest BCUT2D eigenvalue weighted by Gasteiger charge is -2.37. The molecular weight excluding hydrogens is 517 g/mol. The summed E-state index contributed by atoms with van der Waals surface area (Å²) in [5.41, 5.74) is -0.118.